The molecule has 0 aliphatic heterocycles. The summed E-state index contributed by atoms with van der Waals surface area (Å²) in [6.07, 6.45) is 32.8. The summed E-state index contributed by atoms with van der Waals surface area (Å²) >= 11 is 0. The van der Waals surface area contributed by atoms with E-state index in [0.29, 0.717) is 12.8 Å². The number of carbonyl (C=O) groups is 3. The van der Waals surface area contributed by atoms with Gasteiger partial charge >= 0.3 is 17.9 Å². The van der Waals surface area contributed by atoms with Gasteiger partial charge in [-0.25, -0.2) is 0 Å². The lowest BCUT2D eigenvalue weighted by molar-refractivity contribution is -0.164. The molecule has 0 aliphatic rings. The van der Waals surface area contributed by atoms with Crippen molar-refractivity contribution in [1.29, 1.82) is 0 Å². The van der Waals surface area contributed by atoms with E-state index >= 15 is 0 Å². The van der Waals surface area contributed by atoms with Crippen molar-refractivity contribution >= 4 is 17.9 Å². The molecule has 0 atom stereocenters. The lowest BCUT2D eigenvalue weighted by Gasteiger charge is -2.30. The zero-order valence-electron chi connectivity index (χ0n) is 30.5. The summed E-state index contributed by atoms with van der Waals surface area (Å²) in [4.78, 5) is 36.3. The van der Waals surface area contributed by atoms with Gasteiger partial charge in [-0.3, -0.25) is 14.4 Å². The second kappa shape index (κ2) is 33.3. The van der Waals surface area contributed by atoms with E-state index in [2.05, 4.69) is 13.8 Å². The van der Waals surface area contributed by atoms with Crippen LogP contribution < -0.4 is 0 Å². The molecule has 0 rings (SSSR count). The summed E-state index contributed by atoms with van der Waals surface area (Å²) in [7, 11) is 0. The summed E-state index contributed by atoms with van der Waals surface area (Å²) < 4.78 is 16.1. The summed E-state index contributed by atoms with van der Waals surface area (Å²) in [5, 5.41) is 10.1. The molecular formula is C39H74O7. The summed E-state index contributed by atoms with van der Waals surface area (Å²) in [5.41, 5.74) is -1.16. The zero-order valence-corrected chi connectivity index (χ0v) is 30.5. The highest BCUT2D eigenvalue weighted by atomic mass is 16.6. The van der Waals surface area contributed by atoms with Gasteiger partial charge in [0, 0.05) is 19.8 Å². The van der Waals surface area contributed by atoms with Gasteiger partial charge in [0.2, 0.25) is 0 Å². The smallest absolute Gasteiger partial charge is 0.305 e. The topological polar surface area (TPSA) is 99.1 Å². The van der Waals surface area contributed by atoms with Crippen molar-refractivity contribution in [2.45, 2.75) is 201 Å². The third kappa shape index (κ3) is 29.8. The van der Waals surface area contributed by atoms with Crippen LogP contribution in [0.4, 0.5) is 0 Å². The summed E-state index contributed by atoms with van der Waals surface area (Å²) in [6, 6.07) is 0. The first-order chi connectivity index (χ1) is 22.4. The number of hydrogen-bond acceptors (Lipinski definition) is 7. The predicted octanol–water partition coefficient (Wildman–Crippen LogP) is 10.6. The molecule has 0 aromatic carbocycles. The molecule has 0 heterocycles. The van der Waals surface area contributed by atoms with Crippen molar-refractivity contribution in [3.05, 3.63) is 0 Å². The lowest BCUT2D eigenvalue weighted by Crippen LogP contribution is -2.42. The van der Waals surface area contributed by atoms with Gasteiger partial charge in [0.05, 0.1) is 12.0 Å². The first-order valence-electron chi connectivity index (χ1n) is 19.4. The molecule has 0 fully saturated rings. The van der Waals surface area contributed by atoms with Crippen LogP contribution in [0, 0.1) is 5.41 Å². The lowest BCUT2D eigenvalue weighted by atomic mass is 9.92. The SMILES string of the molecule is CCCCCCCCCCCCCCCC(=O)OCC(CO)(COC(C)=O)COC(=O)CCCCCCCCCCCCCCC. The molecule has 0 saturated heterocycles. The van der Waals surface area contributed by atoms with Crippen LogP contribution in [0.25, 0.3) is 0 Å². The molecule has 46 heavy (non-hydrogen) atoms. The maximum atomic E-state index is 12.4. The van der Waals surface area contributed by atoms with Crippen LogP contribution in [0.2, 0.25) is 0 Å². The third-order valence-corrected chi connectivity index (χ3v) is 8.96. The largest absolute Gasteiger partial charge is 0.465 e. The van der Waals surface area contributed by atoms with Gasteiger partial charge < -0.3 is 19.3 Å². The normalized spacial score (nSPS) is 11.5. The number of carbonyl (C=O) groups excluding carboxylic acids is 3. The van der Waals surface area contributed by atoms with Gasteiger partial charge in [0.1, 0.15) is 19.8 Å². The maximum Gasteiger partial charge on any atom is 0.305 e. The van der Waals surface area contributed by atoms with Gasteiger partial charge in [0.15, 0.2) is 0 Å². The Morgan fingerprint density at radius 3 is 0.957 bits per heavy atom. The quantitative estimate of drug-likeness (QED) is 0.0412. The Kier molecular flexibility index (Phi) is 32.1. The van der Waals surface area contributed by atoms with Crippen molar-refractivity contribution in [2.24, 2.45) is 5.41 Å². The van der Waals surface area contributed by atoms with E-state index in [0.717, 1.165) is 38.5 Å². The number of hydrogen-bond donors (Lipinski definition) is 1. The van der Waals surface area contributed by atoms with Crippen molar-refractivity contribution in [1.82, 2.24) is 0 Å². The number of ether oxygens (including phenoxy) is 3. The van der Waals surface area contributed by atoms with Crippen LogP contribution in [0.15, 0.2) is 0 Å². The highest BCUT2D eigenvalue weighted by molar-refractivity contribution is 5.70. The molecular weight excluding hydrogens is 580 g/mol. The Hall–Kier alpha value is -1.63. The molecule has 0 amide bonds. The van der Waals surface area contributed by atoms with E-state index in [1.165, 1.54) is 135 Å². The van der Waals surface area contributed by atoms with Crippen molar-refractivity contribution in [3.8, 4) is 0 Å². The Bertz CT molecular complexity index is 662. The minimum atomic E-state index is -1.16. The average Bonchev–Trinajstić information content (AvgIpc) is 3.05. The first kappa shape index (κ1) is 44.4. The Labute approximate surface area is 283 Å². The molecule has 0 aliphatic carbocycles. The molecule has 272 valence electrons. The van der Waals surface area contributed by atoms with Crippen LogP contribution in [-0.4, -0.2) is 49.4 Å². The van der Waals surface area contributed by atoms with Crippen molar-refractivity contribution in [3.63, 3.8) is 0 Å². The van der Waals surface area contributed by atoms with Crippen LogP contribution in [-0.2, 0) is 28.6 Å². The minimum Gasteiger partial charge on any atom is -0.465 e. The summed E-state index contributed by atoms with van der Waals surface area (Å²) in [5.74, 6) is -1.20. The van der Waals surface area contributed by atoms with Crippen molar-refractivity contribution < 1.29 is 33.7 Å². The summed E-state index contributed by atoms with van der Waals surface area (Å²) in [6.45, 7) is 4.84. The molecule has 0 saturated carbocycles. The standard InChI is InChI=1S/C39H74O7/c1-4-6-8-10-12-14-16-18-20-22-24-26-28-30-37(42)45-34-39(32-40,33-44-36(3)41)35-46-38(43)31-29-27-25-23-21-19-17-15-13-11-9-7-5-2/h40H,4-35H2,1-3H3. The van der Waals surface area contributed by atoms with E-state index in [9.17, 15) is 19.5 Å². The number of aliphatic hydroxyl groups excluding tert-OH is 1. The predicted molar refractivity (Wildman–Crippen MR) is 189 cm³/mol. The minimum absolute atomic E-state index is 0.167. The molecule has 0 radical (unpaired) electrons. The van der Waals surface area contributed by atoms with Gasteiger partial charge in [-0.2, -0.15) is 0 Å². The fourth-order valence-corrected chi connectivity index (χ4v) is 5.70. The van der Waals surface area contributed by atoms with Gasteiger partial charge in [0.25, 0.3) is 0 Å². The molecule has 0 aromatic heterocycles. The number of aliphatic hydroxyl groups is 1. The highest BCUT2D eigenvalue weighted by Crippen LogP contribution is 2.21. The van der Waals surface area contributed by atoms with Gasteiger partial charge in [-0.15, -0.1) is 0 Å². The second-order valence-electron chi connectivity index (χ2n) is 13.7. The average molecular weight is 655 g/mol. The maximum absolute atomic E-state index is 12.4. The van der Waals surface area contributed by atoms with E-state index in [1.807, 2.05) is 0 Å². The van der Waals surface area contributed by atoms with Gasteiger partial charge in [-0.05, 0) is 12.8 Å². The Morgan fingerprint density at radius 2 is 0.696 bits per heavy atom. The second-order valence-corrected chi connectivity index (χ2v) is 13.7. The van der Waals surface area contributed by atoms with Crippen LogP contribution >= 0.6 is 0 Å². The number of unbranched alkanes of at least 4 members (excludes halogenated alkanes) is 24. The van der Waals surface area contributed by atoms with Crippen LogP contribution in [0.1, 0.15) is 201 Å². The van der Waals surface area contributed by atoms with E-state index < -0.39 is 18.0 Å². The zero-order chi connectivity index (χ0) is 34.0. The van der Waals surface area contributed by atoms with Crippen molar-refractivity contribution in [2.75, 3.05) is 26.4 Å². The fraction of sp³-hybridized carbons (Fsp3) is 0.923. The Morgan fingerprint density at radius 1 is 0.435 bits per heavy atom. The van der Waals surface area contributed by atoms with E-state index in [4.69, 9.17) is 14.2 Å². The number of esters is 3. The van der Waals surface area contributed by atoms with E-state index in [-0.39, 0.29) is 31.8 Å². The first-order valence-corrected chi connectivity index (χ1v) is 19.4. The highest BCUT2D eigenvalue weighted by Gasteiger charge is 2.35. The molecule has 0 spiro atoms. The number of rotatable bonds is 35. The van der Waals surface area contributed by atoms with Gasteiger partial charge in [-0.1, -0.05) is 168 Å². The van der Waals surface area contributed by atoms with Crippen LogP contribution in [0.3, 0.4) is 0 Å². The molecule has 0 aromatic rings. The molecule has 0 bridgehead atoms. The van der Waals surface area contributed by atoms with Crippen LogP contribution in [0.5, 0.6) is 0 Å². The van der Waals surface area contributed by atoms with E-state index in [1.54, 1.807) is 0 Å². The monoisotopic (exact) mass is 655 g/mol. The molecule has 0 unspecified atom stereocenters. The molecule has 7 heteroatoms. The fourth-order valence-electron chi connectivity index (χ4n) is 5.70. The third-order valence-electron chi connectivity index (χ3n) is 8.96. The Balaban J connectivity index is 4.09. The molecule has 7 nitrogen and oxygen atoms in total. The molecule has 1 N–H and O–H groups in total.